The Labute approximate surface area is 116 Å². The molecule has 4 nitrogen and oxygen atoms in total. The normalized spacial score (nSPS) is 22.9. The molecule has 1 amide bonds. The lowest BCUT2D eigenvalue weighted by atomic mass is 9.87. The first kappa shape index (κ1) is 11.2. The second-order valence-electron chi connectivity index (χ2n) is 5.13. The smallest absolute Gasteiger partial charge is 0.265 e. The van der Waals surface area contributed by atoms with Gasteiger partial charge in [0.05, 0.1) is 0 Å². The number of anilines is 2. The molecule has 0 saturated heterocycles. The molecule has 1 N–H and O–H groups in total. The number of rotatable bonds is 0. The van der Waals surface area contributed by atoms with Crippen LogP contribution in [0.4, 0.5) is 11.4 Å². The molecular formula is C16H12N2O2. The van der Waals surface area contributed by atoms with Crippen LogP contribution in [0.1, 0.15) is 15.9 Å². The van der Waals surface area contributed by atoms with Crippen LogP contribution in [0.25, 0.3) is 0 Å². The Bertz CT molecular complexity index is 769. The maximum absolute atomic E-state index is 12.8. The molecule has 1 spiro atoms. The highest BCUT2D eigenvalue weighted by molar-refractivity contribution is 6.31. The SMILES string of the molecule is CN1C(=O)[C@]2(Nc3ccccc3C2=O)c2ccccc21. The number of benzene rings is 2. The molecule has 2 heterocycles. The van der Waals surface area contributed by atoms with E-state index in [2.05, 4.69) is 5.32 Å². The van der Waals surface area contributed by atoms with Crippen LogP contribution in [0.3, 0.4) is 0 Å². The molecule has 0 unspecified atom stereocenters. The molecule has 98 valence electrons. The topological polar surface area (TPSA) is 49.4 Å². The van der Waals surface area contributed by atoms with Gasteiger partial charge < -0.3 is 10.2 Å². The lowest BCUT2D eigenvalue weighted by Gasteiger charge is -2.21. The zero-order chi connectivity index (χ0) is 13.9. The third-order valence-corrected chi connectivity index (χ3v) is 4.13. The Hall–Kier alpha value is -2.62. The van der Waals surface area contributed by atoms with Crippen LogP contribution in [0.2, 0.25) is 0 Å². The van der Waals surface area contributed by atoms with Crippen LogP contribution in [0, 0.1) is 0 Å². The van der Waals surface area contributed by atoms with E-state index in [1.54, 1.807) is 18.0 Å². The monoisotopic (exact) mass is 264 g/mol. The van der Waals surface area contributed by atoms with Crippen LogP contribution >= 0.6 is 0 Å². The Morgan fingerprint density at radius 3 is 2.50 bits per heavy atom. The lowest BCUT2D eigenvalue weighted by Crippen LogP contribution is -2.47. The van der Waals surface area contributed by atoms with Gasteiger partial charge in [-0.2, -0.15) is 0 Å². The van der Waals surface area contributed by atoms with Crippen LogP contribution < -0.4 is 10.2 Å². The van der Waals surface area contributed by atoms with E-state index >= 15 is 0 Å². The van der Waals surface area contributed by atoms with Gasteiger partial charge in [-0.3, -0.25) is 9.59 Å². The lowest BCUT2D eigenvalue weighted by molar-refractivity contribution is -0.120. The number of nitrogens with zero attached hydrogens (tertiary/aromatic N) is 1. The molecular weight excluding hydrogens is 252 g/mol. The largest absolute Gasteiger partial charge is 0.361 e. The van der Waals surface area contributed by atoms with Crippen molar-refractivity contribution in [2.75, 3.05) is 17.3 Å². The molecule has 2 aliphatic rings. The summed E-state index contributed by atoms with van der Waals surface area (Å²) in [5, 5.41) is 3.16. The van der Waals surface area contributed by atoms with Crippen LogP contribution in [0.5, 0.6) is 0 Å². The summed E-state index contributed by atoms with van der Waals surface area (Å²) in [6.07, 6.45) is 0. The number of hydrogen-bond acceptors (Lipinski definition) is 3. The van der Waals surface area contributed by atoms with Gasteiger partial charge in [-0.15, -0.1) is 0 Å². The van der Waals surface area contributed by atoms with E-state index in [9.17, 15) is 9.59 Å². The average Bonchev–Trinajstić information content (AvgIpc) is 2.90. The quantitative estimate of drug-likeness (QED) is 0.742. The summed E-state index contributed by atoms with van der Waals surface area (Å²) in [5.41, 5.74) is 1.52. The predicted molar refractivity (Wildman–Crippen MR) is 75.9 cm³/mol. The fourth-order valence-corrected chi connectivity index (χ4v) is 3.15. The Kier molecular flexibility index (Phi) is 1.95. The minimum Gasteiger partial charge on any atom is -0.361 e. The van der Waals surface area contributed by atoms with Gasteiger partial charge in [0.1, 0.15) is 0 Å². The number of nitrogens with one attached hydrogen (secondary N) is 1. The second-order valence-corrected chi connectivity index (χ2v) is 5.13. The number of amides is 1. The van der Waals surface area contributed by atoms with Crippen molar-refractivity contribution in [1.29, 1.82) is 0 Å². The molecule has 2 aromatic carbocycles. The summed E-state index contributed by atoms with van der Waals surface area (Å²) in [5.74, 6) is -0.394. The van der Waals surface area contributed by atoms with E-state index in [0.717, 1.165) is 16.9 Å². The zero-order valence-corrected chi connectivity index (χ0v) is 10.9. The van der Waals surface area contributed by atoms with Crippen LogP contribution in [-0.2, 0) is 10.3 Å². The Morgan fingerprint density at radius 1 is 1.00 bits per heavy atom. The van der Waals surface area contributed by atoms with Crippen molar-refractivity contribution in [3.8, 4) is 0 Å². The Balaban J connectivity index is 2.01. The zero-order valence-electron chi connectivity index (χ0n) is 10.9. The molecule has 0 bridgehead atoms. The molecule has 0 aromatic heterocycles. The van der Waals surface area contributed by atoms with E-state index in [1.165, 1.54) is 0 Å². The number of hydrogen-bond donors (Lipinski definition) is 1. The maximum Gasteiger partial charge on any atom is 0.265 e. The van der Waals surface area contributed by atoms with Crippen molar-refractivity contribution in [3.63, 3.8) is 0 Å². The second kappa shape index (κ2) is 3.48. The molecule has 0 fully saturated rings. The maximum atomic E-state index is 12.8. The number of fused-ring (bicyclic) bond motifs is 3. The van der Waals surface area contributed by atoms with Crippen molar-refractivity contribution in [2.45, 2.75) is 5.54 Å². The number of Topliss-reactive ketones (excluding diaryl/α,β-unsaturated/α-hetero) is 1. The van der Waals surface area contributed by atoms with Crippen molar-refractivity contribution < 1.29 is 9.59 Å². The molecule has 0 saturated carbocycles. The van der Waals surface area contributed by atoms with Gasteiger partial charge in [-0.1, -0.05) is 30.3 Å². The van der Waals surface area contributed by atoms with E-state index in [-0.39, 0.29) is 11.7 Å². The molecule has 2 aliphatic heterocycles. The third-order valence-electron chi connectivity index (χ3n) is 4.13. The van der Waals surface area contributed by atoms with Gasteiger partial charge in [-0.25, -0.2) is 0 Å². The summed E-state index contributed by atoms with van der Waals surface area (Å²) in [4.78, 5) is 27.1. The van der Waals surface area contributed by atoms with E-state index < -0.39 is 5.54 Å². The number of carbonyl (C=O) groups is 2. The number of para-hydroxylation sites is 2. The van der Waals surface area contributed by atoms with Gasteiger partial charge >= 0.3 is 0 Å². The molecule has 0 aliphatic carbocycles. The molecule has 4 heteroatoms. The third kappa shape index (κ3) is 1.08. The summed E-state index contributed by atoms with van der Waals surface area (Å²) < 4.78 is 0. The van der Waals surface area contributed by atoms with Crippen molar-refractivity contribution in [2.24, 2.45) is 0 Å². The first-order valence-electron chi connectivity index (χ1n) is 6.46. The Morgan fingerprint density at radius 2 is 1.70 bits per heavy atom. The first-order valence-corrected chi connectivity index (χ1v) is 6.46. The minimum atomic E-state index is -1.28. The van der Waals surface area contributed by atoms with E-state index in [4.69, 9.17) is 0 Å². The van der Waals surface area contributed by atoms with Crippen LogP contribution in [0.15, 0.2) is 48.5 Å². The molecule has 4 rings (SSSR count). The van der Waals surface area contributed by atoms with Crippen molar-refractivity contribution >= 4 is 23.1 Å². The van der Waals surface area contributed by atoms with Crippen LogP contribution in [-0.4, -0.2) is 18.7 Å². The number of ketones is 1. The van der Waals surface area contributed by atoms with Gasteiger partial charge in [0.25, 0.3) is 5.91 Å². The van der Waals surface area contributed by atoms with Crippen molar-refractivity contribution in [1.82, 2.24) is 0 Å². The summed E-state index contributed by atoms with van der Waals surface area (Å²) in [6, 6.07) is 14.7. The van der Waals surface area contributed by atoms with Crippen molar-refractivity contribution in [3.05, 3.63) is 59.7 Å². The molecule has 2 aromatic rings. The van der Waals surface area contributed by atoms with Gasteiger partial charge in [-0.05, 0) is 18.2 Å². The summed E-state index contributed by atoms with van der Waals surface area (Å²) >= 11 is 0. The molecule has 1 atom stereocenters. The van der Waals surface area contributed by atoms with Gasteiger partial charge in [0.15, 0.2) is 0 Å². The van der Waals surface area contributed by atoms with E-state index in [1.807, 2.05) is 42.5 Å². The van der Waals surface area contributed by atoms with Gasteiger partial charge in [0, 0.05) is 29.5 Å². The fraction of sp³-hybridized carbons (Fsp3) is 0.125. The van der Waals surface area contributed by atoms with E-state index in [0.29, 0.717) is 5.56 Å². The highest BCUT2D eigenvalue weighted by Gasteiger charge is 2.59. The molecule has 20 heavy (non-hydrogen) atoms. The number of carbonyl (C=O) groups excluding carboxylic acids is 2. The fourth-order valence-electron chi connectivity index (χ4n) is 3.15. The predicted octanol–water partition coefficient (Wildman–Crippen LogP) is 2.17. The standard InChI is InChI=1S/C16H12N2O2/c1-18-13-9-5-3-7-11(13)16(15(18)20)14(19)10-6-2-4-8-12(10)17-16/h2-9,17H,1H3/t16-/m0/s1. The highest BCUT2D eigenvalue weighted by Crippen LogP contribution is 2.47. The molecule has 0 radical (unpaired) electrons. The first-order chi connectivity index (χ1) is 9.66. The minimum absolute atomic E-state index is 0.171. The number of likely N-dealkylation sites (N-methyl/N-ethyl adjacent to an activating group) is 1. The highest BCUT2D eigenvalue weighted by atomic mass is 16.2. The summed E-state index contributed by atoms with van der Waals surface area (Å²) in [7, 11) is 1.70. The average molecular weight is 264 g/mol. The summed E-state index contributed by atoms with van der Waals surface area (Å²) in [6.45, 7) is 0. The van der Waals surface area contributed by atoms with Gasteiger partial charge in [0.2, 0.25) is 11.3 Å².